The Morgan fingerprint density at radius 3 is 2.23 bits per heavy atom. The highest BCUT2D eigenvalue weighted by Crippen LogP contribution is 2.29. The number of piperidine rings is 1. The van der Waals surface area contributed by atoms with Crippen molar-refractivity contribution in [3.63, 3.8) is 0 Å². The SMILES string of the molecule is Cn1cc(CN2CCCC(COC(c3ccc(F)cc3)c3ccc(F)cc3)C2)cn1. The minimum atomic E-state index is -0.347. The first-order valence-corrected chi connectivity index (χ1v) is 10.4. The zero-order valence-electron chi connectivity index (χ0n) is 17.2. The van der Waals surface area contributed by atoms with Crippen molar-refractivity contribution in [2.24, 2.45) is 13.0 Å². The van der Waals surface area contributed by atoms with Crippen LogP contribution in [0.4, 0.5) is 8.78 Å². The molecule has 1 unspecified atom stereocenters. The van der Waals surface area contributed by atoms with Crippen LogP contribution in [0, 0.1) is 17.6 Å². The lowest BCUT2D eigenvalue weighted by atomic mass is 9.97. The number of nitrogens with zero attached hydrogens (tertiary/aromatic N) is 3. The number of hydrogen-bond acceptors (Lipinski definition) is 3. The Kier molecular flexibility index (Phi) is 6.55. The van der Waals surface area contributed by atoms with Crippen molar-refractivity contribution in [2.45, 2.75) is 25.5 Å². The van der Waals surface area contributed by atoms with Gasteiger partial charge in [-0.05, 0) is 60.7 Å². The van der Waals surface area contributed by atoms with Gasteiger partial charge in [-0.1, -0.05) is 24.3 Å². The molecule has 1 aliphatic rings. The summed E-state index contributed by atoms with van der Waals surface area (Å²) in [5, 5.41) is 4.25. The van der Waals surface area contributed by atoms with E-state index < -0.39 is 0 Å². The summed E-state index contributed by atoms with van der Waals surface area (Å²) in [6, 6.07) is 12.7. The molecule has 1 atom stereocenters. The van der Waals surface area contributed by atoms with Gasteiger partial charge >= 0.3 is 0 Å². The number of halogens is 2. The van der Waals surface area contributed by atoms with Crippen LogP contribution in [0.25, 0.3) is 0 Å². The third kappa shape index (κ3) is 5.32. The fourth-order valence-corrected chi connectivity index (χ4v) is 4.14. The van der Waals surface area contributed by atoms with Crippen LogP contribution in [0.2, 0.25) is 0 Å². The first-order valence-electron chi connectivity index (χ1n) is 10.4. The molecule has 2 aromatic carbocycles. The zero-order chi connectivity index (χ0) is 20.9. The van der Waals surface area contributed by atoms with Gasteiger partial charge in [0, 0.05) is 31.9 Å². The molecule has 1 aliphatic heterocycles. The first-order chi connectivity index (χ1) is 14.6. The lowest BCUT2D eigenvalue weighted by Crippen LogP contribution is -2.36. The fraction of sp³-hybridized carbons (Fsp3) is 0.375. The first kappa shape index (κ1) is 20.7. The van der Waals surface area contributed by atoms with E-state index in [1.54, 1.807) is 24.3 Å². The van der Waals surface area contributed by atoms with Crippen LogP contribution in [-0.2, 0) is 18.3 Å². The summed E-state index contributed by atoms with van der Waals surface area (Å²) < 4.78 is 35.0. The molecule has 158 valence electrons. The molecule has 1 aromatic heterocycles. The third-order valence-electron chi connectivity index (χ3n) is 5.61. The summed E-state index contributed by atoms with van der Waals surface area (Å²) in [4.78, 5) is 2.44. The van der Waals surface area contributed by atoms with Crippen LogP contribution in [0.3, 0.4) is 0 Å². The van der Waals surface area contributed by atoms with E-state index in [9.17, 15) is 8.78 Å². The highest BCUT2D eigenvalue weighted by atomic mass is 19.1. The topological polar surface area (TPSA) is 30.3 Å². The fourth-order valence-electron chi connectivity index (χ4n) is 4.14. The summed E-state index contributed by atoms with van der Waals surface area (Å²) >= 11 is 0. The van der Waals surface area contributed by atoms with Crippen LogP contribution in [0.5, 0.6) is 0 Å². The summed E-state index contributed by atoms with van der Waals surface area (Å²) in [6.45, 7) is 3.53. The Labute approximate surface area is 176 Å². The average Bonchev–Trinajstić information content (AvgIpc) is 3.15. The molecule has 6 heteroatoms. The Morgan fingerprint density at radius 1 is 1.03 bits per heavy atom. The van der Waals surface area contributed by atoms with Gasteiger partial charge < -0.3 is 4.74 Å². The van der Waals surface area contributed by atoms with Crippen molar-refractivity contribution < 1.29 is 13.5 Å². The monoisotopic (exact) mass is 411 g/mol. The minimum Gasteiger partial charge on any atom is -0.368 e. The minimum absolute atomic E-state index is 0.282. The van der Waals surface area contributed by atoms with Crippen LogP contribution in [0.1, 0.15) is 35.6 Å². The van der Waals surface area contributed by atoms with E-state index in [0.29, 0.717) is 12.5 Å². The average molecular weight is 411 g/mol. The van der Waals surface area contributed by atoms with E-state index >= 15 is 0 Å². The molecule has 1 fully saturated rings. The maximum Gasteiger partial charge on any atom is 0.123 e. The quantitative estimate of drug-likeness (QED) is 0.564. The molecule has 0 radical (unpaired) electrons. The molecule has 3 aromatic rings. The van der Waals surface area contributed by atoms with Crippen LogP contribution in [0.15, 0.2) is 60.9 Å². The molecule has 0 saturated carbocycles. The van der Waals surface area contributed by atoms with Crippen molar-refractivity contribution in [1.82, 2.24) is 14.7 Å². The molecule has 0 bridgehead atoms. The molecule has 30 heavy (non-hydrogen) atoms. The van der Waals surface area contributed by atoms with E-state index in [1.807, 2.05) is 17.9 Å². The summed E-state index contributed by atoms with van der Waals surface area (Å²) in [6.07, 6.45) is 5.87. The number of ether oxygens (including phenoxy) is 1. The van der Waals surface area contributed by atoms with Crippen LogP contribution < -0.4 is 0 Å². The molecule has 2 heterocycles. The van der Waals surface area contributed by atoms with Gasteiger partial charge in [-0.3, -0.25) is 9.58 Å². The zero-order valence-corrected chi connectivity index (χ0v) is 17.2. The standard InChI is InChI=1S/C24H27F2N3O/c1-28-14-19(13-27-28)16-29-12-2-3-18(15-29)17-30-24(20-4-8-22(25)9-5-20)21-6-10-23(26)11-7-21/h4-11,13-14,18,24H,2-3,12,15-17H2,1H3. The number of rotatable bonds is 7. The van der Waals surface area contributed by atoms with E-state index in [-0.39, 0.29) is 17.7 Å². The molecule has 0 N–H and O–H groups in total. The van der Waals surface area contributed by atoms with Gasteiger partial charge in [0.2, 0.25) is 0 Å². The van der Waals surface area contributed by atoms with Crippen molar-refractivity contribution in [1.29, 1.82) is 0 Å². The molecule has 4 rings (SSSR count). The molecule has 0 amide bonds. The molecular weight excluding hydrogens is 384 g/mol. The Hall–Kier alpha value is -2.57. The predicted molar refractivity (Wildman–Crippen MR) is 112 cm³/mol. The predicted octanol–water partition coefficient (Wildman–Crippen LogP) is 4.72. The van der Waals surface area contributed by atoms with Crippen LogP contribution in [-0.4, -0.2) is 34.4 Å². The number of benzene rings is 2. The van der Waals surface area contributed by atoms with Gasteiger partial charge in [-0.25, -0.2) is 8.78 Å². The van der Waals surface area contributed by atoms with E-state index in [4.69, 9.17) is 4.74 Å². The molecule has 0 spiro atoms. The van der Waals surface area contributed by atoms with E-state index in [1.165, 1.54) is 29.8 Å². The second-order valence-electron chi connectivity index (χ2n) is 8.08. The maximum absolute atomic E-state index is 13.4. The Balaban J connectivity index is 1.42. The lowest BCUT2D eigenvalue weighted by molar-refractivity contribution is 0.0249. The highest BCUT2D eigenvalue weighted by Gasteiger charge is 2.23. The third-order valence-corrected chi connectivity index (χ3v) is 5.61. The highest BCUT2D eigenvalue weighted by molar-refractivity contribution is 5.30. The number of likely N-dealkylation sites (tertiary alicyclic amines) is 1. The van der Waals surface area contributed by atoms with Crippen molar-refractivity contribution in [3.05, 3.63) is 89.2 Å². The van der Waals surface area contributed by atoms with Gasteiger partial charge in [0.1, 0.15) is 17.7 Å². The molecular formula is C24H27F2N3O. The normalized spacial score (nSPS) is 17.5. The second kappa shape index (κ2) is 9.49. The smallest absolute Gasteiger partial charge is 0.123 e. The maximum atomic E-state index is 13.4. The van der Waals surface area contributed by atoms with Gasteiger partial charge in [0.15, 0.2) is 0 Å². The lowest BCUT2D eigenvalue weighted by Gasteiger charge is -2.33. The van der Waals surface area contributed by atoms with Crippen LogP contribution >= 0.6 is 0 Å². The number of aryl methyl sites for hydroxylation is 1. The summed E-state index contributed by atoms with van der Waals surface area (Å²) in [5.74, 6) is -0.149. The molecule has 1 saturated heterocycles. The van der Waals surface area contributed by atoms with Gasteiger partial charge in [0.25, 0.3) is 0 Å². The summed E-state index contributed by atoms with van der Waals surface area (Å²) in [5.41, 5.74) is 2.95. The second-order valence-corrected chi connectivity index (χ2v) is 8.08. The van der Waals surface area contributed by atoms with E-state index in [0.717, 1.165) is 43.6 Å². The molecule has 4 nitrogen and oxygen atoms in total. The van der Waals surface area contributed by atoms with Crippen molar-refractivity contribution in [2.75, 3.05) is 19.7 Å². The number of hydrogen-bond donors (Lipinski definition) is 0. The van der Waals surface area contributed by atoms with Gasteiger partial charge in [-0.2, -0.15) is 5.10 Å². The Morgan fingerprint density at radius 2 is 1.67 bits per heavy atom. The summed E-state index contributed by atoms with van der Waals surface area (Å²) in [7, 11) is 1.93. The largest absolute Gasteiger partial charge is 0.368 e. The van der Waals surface area contributed by atoms with E-state index in [2.05, 4.69) is 16.2 Å². The van der Waals surface area contributed by atoms with Gasteiger partial charge in [-0.15, -0.1) is 0 Å². The Bertz CT molecular complexity index is 894. The van der Waals surface area contributed by atoms with Crippen molar-refractivity contribution >= 4 is 0 Å². The number of aromatic nitrogens is 2. The van der Waals surface area contributed by atoms with Crippen molar-refractivity contribution in [3.8, 4) is 0 Å². The van der Waals surface area contributed by atoms with Gasteiger partial charge in [0.05, 0.1) is 12.8 Å². The molecule has 0 aliphatic carbocycles.